The van der Waals surface area contributed by atoms with Crippen LogP contribution < -0.4 is 0 Å². The standard InChI is InChI=1S/C14H19BrClN/c1-11(12-5-3-4-6-13(12)16)17(2)10-14(9-15)7-8-14/h3-6,11H,7-10H2,1-2H3. The summed E-state index contributed by atoms with van der Waals surface area (Å²) in [6.45, 7) is 3.37. The lowest BCUT2D eigenvalue weighted by molar-refractivity contribution is 0.220. The topological polar surface area (TPSA) is 3.24 Å². The Kier molecular flexibility index (Phi) is 4.17. The lowest BCUT2D eigenvalue weighted by Gasteiger charge is -2.29. The van der Waals surface area contributed by atoms with Gasteiger partial charge in [-0.05, 0) is 43.9 Å². The first-order valence-corrected chi connectivity index (χ1v) is 7.58. The Morgan fingerprint density at radius 1 is 1.41 bits per heavy atom. The number of hydrogen-bond acceptors (Lipinski definition) is 1. The third kappa shape index (κ3) is 3.04. The minimum Gasteiger partial charge on any atom is -0.299 e. The van der Waals surface area contributed by atoms with Gasteiger partial charge in [0.05, 0.1) is 0 Å². The fourth-order valence-corrected chi connectivity index (χ4v) is 3.26. The van der Waals surface area contributed by atoms with E-state index in [0.29, 0.717) is 11.5 Å². The van der Waals surface area contributed by atoms with Crippen LogP contribution in [0.25, 0.3) is 0 Å². The summed E-state index contributed by atoms with van der Waals surface area (Å²) in [6.07, 6.45) is 2.69. The van der Waals surface area contributed by atoms with Crippen molar-refractivity contribution in [2.24, 2.45) is 5.41 Å². The van der Waals surface area contributed by atoms with Gasteiger partial charge in [0.1, 0.15) is 0 Å². The van der Waals surface area contributed by atoms with Gasteiger partial charge in [0.2, 0.25) is 0 Å². The van der Waals surface area contributed by atoms with Gasteiger partial charge in [0.15, 0.2) is 0 Å². The van der Waals surface area contributed by atoms with E-state index in [-0.39, 0.29) is 0 Å². The minimum atomic E-state index is 0.375. The molecule has 0 saturated heterocycles. The van der Waals surface area contributed by atoms with Crippen LogP contribution in [-0.4, -0.2) is 23.8 Å². The molecule has 17 heavy (non-hydrogen) atoms. The van der Waals surface area contributed by atoms with Crippen LogP contribution in [0.5, 0.6) is 0 Å². The summed E-state index contributed by atoms with van der Waals surface area (Å²) in [7, 11) is 2.19. The van der Waals surface area contributed by atoms with E-state index in [1.807, 2.05) is 12.1 Å². The number of nitrogens with zero attached hydrogens (tertiary/aromatic N) is 1. The predicted molar refractivity (Wildman–Crippen MR) is 78.0 cm³/mol. The Morgan fingerprint density at radius 2 is 2.06 bits per heavy atom. The lowest BCUT2D eigenvalue weighted by Crippen LogP contribution is -2.30. The molecule has 94 valence electrons. The zero-order chi connectivity index (χ0) is 12.5. The first-order chi connectivity index (χ1) is 8.08. The maximum absolute atomic E-state index is 6.25. The molecule has 0 amide bonds. The summed E-state index contributed by atoms with van der Waals surface area (Å²) in [5.41, 5.74) is 1.74. The summed E-state index contributed by atoms with van der Waals surface area (Å²) in [4.78, 5) is 2.41. The van der Waals surface area contributed by atoms with Crippen LogP contribution in [0.15, 0.2) is 24.3 Å². The monoisotopic (exact) mass is 315 g/mol. The normalized spacial score (nSPS) is 19.4. The van der Waals surface area contributed by atoms with E-state index in [4.69, 9.17) is 11.6 Å². The largest absolute Gasteiger partial charge is 0.299 e. The third-order valence-electron chi connectivity index (χ3n) is 3.84. The summed E-state index contributed by atoms with van der Waals surface area (Å²) in [6, 6.07) is 8.51. The van der Waals surface area contributed by atoms with E-state index in [9.17, 15) is 0 Å². The number of benzene rings is 1. The van der Waals surface area contributed by atoms with Gasteiger partial charge in [-0.15, -0.1) is 0 Å². The fourth-order valence-electron chi connectivity index (χ4n) is 2.23. The predicted octanol–water partition coefficient (Wildman–Crippen LogP) is 4.51. The zero-order valence-corrected chi connectivity index (χ0v) is 12.8. The molecule has 0 heterocycles. The minimum absolute atomic E-state index is 0.375. The second kappa shape index (κ2) is 5.29. The average molecular weight is 317 g/mol. The first-order valence-electron chi connectivity index (χ1n) is 6.09. The number of hydrogen-bond donors (Lipinski definition) is 0. The second-order valence-corrected chi connectivity index (χ2v) is 6.21. The van der Waals surface area contributed by atoms with Crippen LogP contribution in [0.2, 0.25) is 5.02 Å². The maximum atomic E-state index is 6.25. The highest BCUT2D eigenvalue weighted by molar-refractivity contribution is 9.09. The second-order valence-electron chi connectivity index (χ2n) is 5.25. The van der Waals surface area contributed by atoms with Crippen molar-refractivity contribution < 1.29 is 0 Å². The van der Waals surface area contributed by atoms with Crippen LogP contribution in [0.1, 0.15) is 31.4 Å². The summed E-state index contributed by atoms with van der Waals surface area (Å²) >= 11 is 9.88. The molecule has 0 radical (unpaired) electrons. The highest BCUT2D eigenvalue weighted by Crippen LogP contribution is 2.48. The Labute approximate surface area is 117 Å². The Hall–Kier alpha value is -0.0500. The zero-order valence-electron chi connectivity index (χ0n) is 10.4. The van der Waals surface area contributed by atoms with Gasteiger partial charge in [0, 0.05) is 22.9 Å². The molecule has 0 spiro atoms. The van der Waals surface area contributed by atoms with Crippen LogP contribution in [0.3, 0.4) is 0 Å². The van der Waals surface area contributed by atoms with E-state index >= 15 is 0 Å². The summed E-state index contributed by atoms with van der Waals surface area (Å²) < 4.78 is 0. The van der Waals surface area contributed by atoms with E-state index in [1.165, 1.54) is 18.4 Å². The first kappa shape index (κ1) is 13.4. The SMILES string of the molecule is CC(c1ccccc1Cl)N(C)CC1(CBr)CC1. The molecule has 3 heteroatoms. The molecule has 1 saturated carbocycles. The highest BCUT2D eigenvalue weighted by Gasteiger charge is 2.42. The van der Waals surface area contributed by atoms with Crippen molar-refractivity contribution in [2.45, 2.75) is 25.8 Å². The summed E-state index contributed by atoms with van der Waals surface area (Å²) in [5, 5.41) is 1.98. The smallest absolute Gasteiger partial charge is 0.0453 e. The van der Waals surface area contributed by atoms with Crippen molar-refractivity contribution in [2.75, 3.05) is 18.9 Å². The van der Waals surface area contributed by atoms with Gasteiger partial charge in [-0.3, -0.25) is 4.90 Å². The van der Waals surface area contributed by atoms with Gasteiger partial charge in [0.25, 0.3) is 0 Å². The van der Waals surface area contributed by atoms with Gasteiger partial charge >= 0.3 is 0 Å². The van der Waals surface area contributed by atoms with Crippen molar-refractivity contribution in [3.8, 4) is 0 Å². The van der Waals surface area contributed by atoms with Gasteiger partial charge < -0.3 is 0 Å². The van der Waals surface area contributed by atoms with Crippen molar-refractivity contribution in [1.82, 2.24) is 4.90 Å². The van der Waals surface area contributed by atoms with Gasteiger partial charge in [-0.1, -0.05) is 45.7 Å². The summed E-state index contributed by atoms with van der Waals surface area (Å²) in [5.74, 6) is 0. The van der Waals surface area contributed by atoms with Crippen molar-refractivity contribution in [3.05, 3.63) is 34.9 Å². The Balaban J connectivity index is 2.04. The molecule has 1 atom stereocenters. The molecule has 1 nitrogen and oxygen atoms in total. The van der Waals surface area contributed by atoms with Gasteiger partial charge in [-0.25, -0.2) is 0 Å². The van der Waals surface area contributed by atoms with Crippen molar-refractivity contribution in [3.63, 3.8) is 0 Å². The van der Waals surface area contributed by atoms with E-state index in [2.05, 4.69) is 46.9 Å². The molecule has 1 fully saturated rings. The van der Waals surface area contributed by atoms with E-state index < -0.39 is 0 Å². The lowest BCUT2D eigenvalue weighted by atomic mass is 10.0. The molecule has 1 aliphatic rings. The number of alkyl halides is 1. The van der Waals surface area contributed by atoms with E-state index in [1.54, 1.807) is 0 Å². The van der Waals surface area contributed by atoms with Gasteiger partial charge in [-0.2, -0.15) is 0 Å². The molecule has 2 rings (SSSR count). The Morgan fingerprint density at radius 3 is 2.59 bits per heavy atom. The molecule has 1 aromatic carbocycles. The highest BCUT2D eigenvalue weighted by atomic mass is 79.9. The maximum Gasteiger partial charge on any atom is 0.0453 e. The van der Waals surface area contributed by atoms with Crippen LogP contribution in [0, 0.1) is 5.41 Å². The average Bonchev–Trinajstić information content (AvgIpc) is 3.09. The molecule has 1 unspecified atom stereocenters. The quantitative estimate of drug-likeness (QED) is 0.723. The molecule has 0 aromatic heterocycles. The molecule has 0 bridgehead atoms. The number of rotatable bonds is 5. The molecular formula is C14H19BrClN. The van der Waals surface area contributed by atoms with Crippen LogP contribution in [-0.2, 0) is 0 Å². The van der Waals surface area contributed by atoms with Crippen molar-refractivity contribution in [1.29, 1.82) is 0 Å². The van der Waals surface area contributed by atoms with Crippen LogP contribution in [0.4, 0.5) is 0 Å². The Bertz CT molecular complexity index is 390. The molecule has 1 aromatic rings. The van der Waals surface area contributed by atoms with E-state index in [0.717, 1.165) is 16.9 Å². The number of halogens is 2. The van der Waals surface area contributed by atoms with Crippen LogP contribution >= 0.6 is 27.5 Å². The molecule has 0 aliphatic heterocycles. The molecule has 0 N–H and O–H groups in total. The fraction of sp³-hybridized carbons (Fsp3) is 0.571. The molecular weight excluding hydrogens is 298 g/mol. The third-order valence-corrected chi connectivity index (χ3v) is 5.38. The van der Waals surface area contributed by atoms with Crippen molar-refractivity contribution >= 4 is 27.5 Å². The molecule has 1 aliphatic carbocycles.